The van der Waals surface area contributed by atoms with Crippen LogP contribution >= 0.6 is 54.0 Å². The molecule has 4 atom stereocenters. The fourth-order valence-corrected chi connectivity index (χ4v) is 7.58. The van der Waals surface area contributed by atoms with E-state index < -0.39 is 12.1 Å². The molecule has 2 saturated heterocycles. The van der Waals surface area contributed by atoms with E-state index in [1.165, 1.54) is 7.11 Å². The van der Waals surface area contributed by atoms with Gasteiger partial charge in [-0.1, -0.05) is 64.7 Å². The Kier molecular flexibility index (Phi) is 17.1. The van der Waals surface area contributed by atoms with Gasteiger partial charge in [-0.25, -0.2) is 14.8 Å². The molecule has 3 amide bonds. The predicted octanol–water partition coefficient (Wildman–Crippen LogP) is 7.96. The first-order valence-electron chi connectivity index (χ1n) is 19.1. The van der Waals surface area contributed by atoms with Gasteiger partial charge in [0, 0.05) is 30.1 Å². The lowest BCUT2D eigenvalue weighted by molar-refractivity contribution is -0.137. The maximum Gasteiger partial charge on any atom is 0.407 e. The average molecular weight is 864 g/mol. The maximum atomic E-state index is 13.6. The lowest BCUT2D eigenvalue weighted by atomic mass is 9.96. The molecule has 7 rings (SSSR count). The lowest BCUT2D eigenvalue weighted by Gasteiger charge is -2.29. The van der Waals surface area contributed by atoms with E-state index in [1.807, 2.05) is 67.0 Å². The Morgan fingerprint density at radius 2 is 1.19 bits per heavy atom. The summed E-state index contributed by atoms with van der Waals surface area (Å²) in [4.78, 5) is 59.3. The van der Waals surface area contributed by atoms with Crippen LogP contribution in [0.15, 0.2) is 60.7 Å². The van der Waals surface area contributed by atoms with Crippen molar-refractivity contribution in [3.05, 3.63) is 83.4 Å². The zero-order valence-corrected chi connectivity index (χ0v) is 37.9. The van der Waals surface area contributed by atoms with Gasteiger partial charge in [-0.15, -0.1) is 0 Å². The zero-order chi connectivity index (χ0) is 38.1. The van der Waals surface area contributed by atoms with Crippen molar-refractivity contribution in [3.8, 4) is 23.0 Å². The standard InChI is InChI=1S/C43H49N7O4.4H2S/c1-25(2)27(5)41(51)49-21-7-9-36(49)39-45-33-20-18-31(24-35(33)47-39)30-16-13-28(14-17-30)11-12-29-15-19-32-34(23-29)46-40(44-32)37-10-8-22-50(37)42(52)38(26(3)4)48-43(53)54-6;;;;/h13-20,23-27,36-38H,7-10,21-22H2,1-6H3,(H,44,46)(H,45,47)(H,48,53);4*1H2/t27-,36-,37-,38-;;;;/m0..../s1. The third-order valence-electron chi connectivity index (χ3n) is 11.1. The Morgan fingerprint density at radius 3 is 1.74 bits per heavy atom. The van der Waals surface area contributed by atoms with Crippen LogP contribution in [0, 0.1) is 29.6 Å². The summed E-state index contributed by atoms with van der Waals surface area (Å²) in [7, 11) is 1.29. The number of H-pyrrole nitrogens is 2. The second-order valence-electron chi connectivity index (χ2n) is 15.3. The number of nitrogens with zero attached hydrogens (tertiary/aromatic N) is 4. The van der Waals surface area contributed by atoms with Gasteiger partial charge in [0.1, 0.15) is 17.7 Å². The average Bonchev–Trinajstić information content (AvgIpc) is 4.00. The monoisotopic (exact) mass is 863 g/mol. The molecule has 58 heavy (non-hydrogen) atoms. The van der Waals surface area contributed by atoms with Crippen molar-refractivity contribution in [2.45, 2.75) is 78.4 Å². The highest BCUT2D eigenvalue weighted by molar-refractivity contribution is 7.59. The van der Waals surface area contributed by atoms with Crippen LogP contribution in [0.5, 0.6) is 0 Å². The third-order valence-corrected chi connectivity index (χ3v) is 11.1. The van der Waals surface area contributed by atoms with Gasteiger partial charge in [0.2, 0.25) is 11.8 Å². The highest BCUT2D eigenvalue weighted by Crippen LogP contribution is 2.35. The molecule has 3 aromatic carbocycles. The quantitative estimate of drug-likeness (QED) is 0.136. The zero-order valence-electron chi connectivity index (χ0n) is 33.9. The number of aromatic amines is 2. The molecule has 0 bridgehead atoms. The molecular weight excluding hydrogens is 807 g/mol. The second-order valence-corrected chi connectivity index (χ2v) is 15.3. The molecule has 0 spiro atoms. The number of imidazole rings is 2. The number of ether oxygens (including phenoxy) is 1. The first-order chi connectivity index (χ1) is 26.0. The van der Waals surface area contributed by atoms with Gasteiger partial charge in [-0.05, 0) is 91.1 Å². The largest absolute Gasteiger partial charge is 0.453 e. The van der Waals surface area contributed by atoms with Gasteiger partial charge < -0.3 is 29.8 Å². The van der Waals surface area contributed by atoms with Gasteiger partial charge in [-0.2, -0.15) is 54.0 Å². The number of rotatable bonds is 8. The van der Waals surface area contributed by atoms with E-state index in [1.54, 1.807) is 0 Å². The van der Waals surface area contributed by atoms with Crippen molar-refractivity contribution in [2.24, 2.45) is 17.8 Å². The van der Waals surface area contributed by atoms with Crippen LogP contribution in [0.1, 0.15) is 95.2 Å². The van der Waals surface area contributed by atoms with Crippen molar-refractivity contribution in [3.63, 3.8) is 0 Å². The molecule has 0 aliphatic carbocycles. The van der Waals surface area contributed by atoms with Crippen LogP contribution in [-0.4, -0.2) is 73.9 Å². The molecule has 312 valence electrons. The lowest BCUT2D eigenvalue weighted by Crippen LogP contribution is -2.51. The fraction of sp³-hybridized carbons (Fsp3) is 0.419. The minimum atomic E-state index is -0.683. The summed E-state index contributed by atoms with van der Waals surface area (Å²) < 4.78 is 4.76. The van der Waals surface area contributed by atoms with Gasteiger partial charge >= 0.3 is 6.09 Å². The van der Waals surface area contributed by atoms with E-state index in [0.717, 1.165) is 88.2 Å². The maximum absolute atomic E-state index is 13.6. The number of hydrogen-bond acceptors (Lipinski definition) is 6. The number of aromatic nitrogens is 4. The van der Waals surface area contributed by atoms with E-state index in [4.69, 9.17) is 14.7 Å². The highest BCUT2D eigenvalue weighted by Gasteiger charge is 2.38. The topological polar surface area (TPSA) is 136 Å². The Hall–Kier alpha value is -4.23. The summed E-state index contributed by atoms with van der Waals surface area (Å²) in [5.41, 5.74) is 7.43. The summed E-state index contributed by atoms with van der Waals surface area (Å²) >= 11 is 0. The van der Waals surface area contributed by atoms with E-state index in [2.05, 4.69) is 65.2 Å². The molecule has 2 aliphatic rings. The molecular formula is C43H57N7O4S4. The predicted molar refractivity (Wildman–Crippen MR) is 251 cm³/mol. The van der Waals surface area contributed by atoms with E-state index in [9.17, 15) is 14.4 Å². The minimum absolute atomic E-state index is 0. The number of amides is 3. The van der Waals surface area contributed by atoms with Crippen LogP contribution in [0.25, 0.3) is 33.2 Å². The number of carbonyl (C=O) groups is 3. The van der Waals surface area contributed by atoms with Crippen molar-refractivity contribution >= 4 is 94.0 Å². The second kappa shape index (κ2) is 20.6. The summed E-state index contributed by atoms with van der Waals surface area (Å²) in [5, 5.41) is 2.70. The molecule has 2 aliphatic heterocycles. The Morgan fingerprint density at radius 1 is 0.690 bits per heavy atom. The minimum Gasteiger partial charge on any atom is -0.453 e. The molecule has 0 saturated carbocycles. The summed E-state index contributed by atoms with van der Waals surface area (Å²) in [6, 6.07) is 19.5. The number of methoxy groups -OCH3 is 1. The van der Waals surface area contributed by atoms with Crippen molar-refractivity contribution in [2.75, 3.05) is 20.2 Å². The van der Waals surface area contributed by atoms with Gasteiger partial charge in [0.15, 0.2) is 0 Å². The molecule has 2 aromatic heterocycles. The van der Waals surface area contributed by atoms with Crippen LogP contribution in [0.4, 0.5) is 4.79 Å². The first-order valence-corrected chi connectivity index (χ1v) is 19.1. The van der Waals surface area contributed by atoms with Crippen LogP contribution in [0.3, 0.4) is 0 Å². The summed E-state index contributed by atoms with van der Waals surface area (Å²) in [6.07, 6.45) is 2.92. The van der Waals surface area contributed by atoms with Crippen LogP contribution in [-0.2, 0) is 14.3 Å². The molecule has 4 heterocycles. The molecule has 2 fully saturated rings. The fourth-order valence-electron chi connectivity index (χ4n) is 7.58. The first kappa shape index (κ1) is 48.1. The van der Waals surface area contributed by atoms with Crippen molar-refractivity contribution in [1.29, 1.82) is 0 Å². The van der Waals surface area contributed by atoms with Crippen LogP contribution in [0.2, 0.25) is 0 Å². The number of nitrogens with one attached hydrogen (secondary N) is 3. The Labute approximate surface area is 369 Å². The van der Waals surface area contributed by atoms with E-state index in [-0.39, 0.29) is 89.7 Å². The van der Waals surface area contributed by atoms with Crippen molar-refractivity contribution in [1.82, 2.24) is 35.1 Å². The summed E-state index contributed by atoms with van der Waals surface area (Å²) in [6.45, 7) is 11.4. The number of alkyl carbamates (subject to hydrolysis) is 1. The summed E-state index contributed by atoms with van der Waals surface area (Å²) in [5.74, 6) is 8.43. The Bertz CT molecular complexity index is 2260. The van der Waals surface area contributed by atoms with Gasteiger partial charge in [0.25, 0.3) is 0 Å². The number of likely N-dealkylation sites (tertiary alicyclic amines) is 2. The SMILES string of the molecule is COC(=O)N[C@H](C(=O)N1CCC[C@H]1c1nc2ccc(C#Cc3ccc(-c4ccc5nc([C@@H]6CCCN6C(=O)[C@@H](C)C(C)C)[nH]c5c4)cc3)cc2[nH]1)C(C)C.S.S.S.S. The molecule has 11 nitrogen and oxygen atoms in total. The molecule has 15 heteroatoms. The van der Waals surface area contributed by atoms with Crippen LogP contribution < -0.4 is 5.32 Å². The number of benzene rings is 3. The van der Waals surface area contributed by atoms with Gasteiger partial charge in [-0.3, -0.25) is 9.59 Å². The van der Waals surface area contributed by atoms with E-state index in [0.29, 0.717) is 12.5 Å². The normalized spacial score (nSPS) is 17.0. The highest BCUT2D eigenvalue weighted by atomic mass is 32.1. The molecule has 0 radical (unpaired) electrons. The number of carbonyl (C=O) groups excluding carboxylic acids is 3. The Balaban J connectivity index is 0.00000225. The number of fused-ring (bicyclic) bond motifs is 2. The molecule has 3 N–H and O–H groups in total. The van der Waals surface area contributed by atoms with E-state index >= 15 is 0 Å². The number of hydrogen-bond donors (Lipinski definition) is 3. The molecule has 0 unspecified atom stereocenters. The van der Waals surface area contributed by atoms with Gasteiger partial charge in [0.05, 0.1) is 41.3 Å². The third kappa shape index (κ3) is 10.1. The molecule has 5 aromatic rings. The smallest absolute Gasteiger partial charge is 0.407 e. The van der Waals surface area contributed by atoms with Crippen molar-refractivity contribution < 1.29 is 19.1 Å².